The van der Waals surface area contributed by atoms with Crippen molar-refractivity contribution in [1.82, 2.24) is 10.3 Å². The monoisotopic (exact) mass is 442 g/mol. The fraction of sp³-hybridized carbons (Fsp3) is 0.154. The lowest BCUT2D eigenvalue weighted by molar-refractivity contribution is 0.144. The Bertz CT molecular complexity index is 1270. The van der Waals surface area contributed by atoms with Gasteiger partial charge in [0.25, 0.3) is 0 Å². The van der Waals surface area contributed by atoms with Gasteiger partial charge in [0, 0.05) is 12.5 Å². The van der Waals surface area contributed by atoms with Gasteiger partial charge in [0.05, 0.1) is 17.3 Å². The number of hydrogen-bond acceptors (Lipinski definition) is 5. The van der Waals surface area contributed by atoms with Crippen molar-refractivity contribution in [3.8, 4) is 16.9 Å². The topological polar surface area (TPSA) is 60.5 Å². The molecule has 0 fully saturated rings. The molecule has 1 aliphatic carbocycles. The molecule has 0 bridgehead atoms. The summed E-state index contributed by atoms with van der Waals surface area (Å²) in [7, 11) is 1.65. The van der Waals surface area contributed by atoms with Crippen molar-refractivity contribution in [2.75, 3.05) is 20.3 Å². The molecular weight excluding hydrogens is 420 g/mol. The molecule has 1 heterocycles. The zero-order valence-corrected chi connectivity index (χ0v) is 18.4. The maximum Gasteiger partial charge on any atom is 0.407 e. The molecule has 6 heteroatoms. The van der Waals surface area contributed by atoms with Crippen LogP contribution in [-0.2, 0) is 4.74 Å². The molecule has 32 heavy (non-hydrogen) atoms. The molecule has 0 spiro atoms. The second-order valence-corrected chi connectivity index (χ2v) is 8.56. The van der Waals surface area contributed by atoms with Crippen LogP contribution in [0.2, 0.25) is 0 Å². The van der Waals surface area contributed by atoms with Gasteiger partial charge in [-0.2, -0.15) is 0 Å². The fourth-order valence-corrected chi connectivity index (χ4v) is 5.00. The molecule has 1 aromatic heterocycles. The highest BCUT2D eigenvalue weighted by atomic mass is 32.1. The first-order valence-corrected chi connectivity index (χ1v) is 11.2. The molecule has 0 unspecified atom stereocenters. The Kier molecular flexibility index (Phi) is 5.60. The minimum atomic E-state index is -0.425. The third-order valence-electron chi connectivity index (χ3n) is 5.58. The Hall–Kier alpha value is -3.64. The molecule has 4 aromatic rings. The number of rotatable bonds is 6. The van der Waals surface area contributed by atoms with Crippen molar-refractivity contribution < 1.29 is 14.3 Å². The normalized spacial score (nSPS) is 12.7. The maximum atomic E-state index is 12.3. The molecule has 1 aliphatic rings. The highest BCUT2D eigenvalue weighted by Gasteiger charge is 2.28. The van der Waals surface area contributed by atoms with E-state index in [-0.39, 0.29) is 5.92 Å². The standard InChI is InChI=1S/C26H22N2O3S/c1-30-17-12-13-23-24(15-17)32-25(28-23)11-6-14-27-26(29)31-16-22-20-9-4-2-7-18(20)19-8-3-5-10-21(19)22/h2-13,15,22H,14,16H2,1H3,(H,27,29). The van der Waals surface area contributed by atoms with Crippen LogP contribution in [0.1, 0.15) is 22.1 Å². The van der Waals surface area contributed by atoms with Crippen molar-refractivity contribution in [2.24, 2.45) is 0 Å². The summed E-state index contributed by atoms with van der Waals surface area (Å²) in [6, 6.07) is 22.4. The smallest absolute Gasteiger partial charge is 0.407 e. The zero-order valence-electron chi connectivity index (χ0n) is 17.6. The average Bonchev–Trinajstić information content (AvgIpc) is 3.38. The lowest BCUT2D eigenvalue weighted by Gasteiger charge is -2.14. The predicted molar refractivity (Wildman–Crippen MR) is 128 cm³/mol. The van der Waals surface area contributed by atoms with Crippen molar-refractivity contribution in [3.05, 3.63) is 88.9 Å². The van der Waals surface area contributed by atoms with E-state index in [1.54, 1.807) is 18.4 Å². The number of hydrogen-bond donors (Lipinski definition) is 1. The quantitative estimate of drug-likeness (QED) is 0.406. The van der Waals surface area contributed by atoms with Crippen molar-refractivity contribution in [2.45, 2.75) is 5.92 Å². The van der Waals surface area contributed by atoms with Gasteiger partial charge in [0.15, 0.2) is 0 Å². The molecule has 160 valence electrons. The second-order valence-electron chi connectivity index (χ2n) is 7.49. The Morgan fingerprint density at radius 3 is 2.50 bits per heavy atom. The second kappa shape index (κ2) is 8.85. The maximum absolute atomic E-state index is 12.3. The number of ether oxygens (including phenoxy) is 2. The summed E-state index contributed by atoms with van der Waals surface area (Å²) in [5, 5.41) is 3.66. The number of thiazole rings is 1. The molecule has 1 N–H and O–H groups in total. The van der Waals surface area contributed by atoms with E-state index in [0.29, 0.717) is 13.2 Å². The largest absolute Gasteiger partial charge is 0.497 e. The molecule has 1 amide bonds. The predicted octanol–water partition coefficient (Wildman–Crippen LogP) is 5.86. The van der Waals surface area contributed by atoms with Crippen LogP contribution in [0.5, 0.6) is 5.75 Å². The van der Waals surface area contributed by atoms with Crippen LogP contribution in [0.25, 0.3) is 27.4 Å². The number of nitrogens with zero attached hydrogens (tertiary/aromatic N) is 1. The number of alkyl carbamates (subject to hydrolysis) is 1. The lowest BCUT2D eigenvalue weighted by Crippen LogP contribution is -2.26. The fourth-order valence-electron chi connectivity index (χ4n) is 4.07. The number of fused-ring (bicyclic) bond motifs is 4. The van der Waals surface area contributed by atoms with Crippen LogP contribution in [0.4, 0.5) is 4.79 Å². The molecule has 0 atom stereocenters. The Morgan fingerprint density at radius 1 is 1.06 bits per heavy atom. The van der Waals surface area contributed by atoms with Crippen LogP contribution in [0.3, 0.4) is 0 Å². The van der Waals surface area contributed by atoms with Gasteiger partial charge in [-0.3, -0.25) is 0 Å². The molecule has 0 radical (unpaired) electrons. The number of benzene rings is 3. The SMILES string of the molecule is COc1ccc2nc(C=CCNC(=O)OCC3c4ccccc4-c4ccccc43)sc2c1. The molecule has 5 nitrogen and oxygen atoms in total. The first kappa shape index (κ1) is 20.3. The van der Waals surface area contributed by atoms with Gasteiger partial charge in [-0.05, 0) is 46.5 Å². The van der Waals surface area contributed by atoms with Crippen LogP contribution in [0, 0.1) is 0 Å². The van der Waals surface area contributed by atoms with Gasteiger partial charge in [-0.1, -0.05) is 54.6 Å². The van der Waals surface area contributed by atoms with E-state index < -0.39 is 6.09 Å². The average molecular weight is 443 g/mol. The van der Waals surface area contributed by atoms with Gasteiger partial charge >= 0.3 is 6.09 Å². The number of methoxy groups -OCH3 is 1. The molecule has 0 aliphatic heterocycles. The summed E-state index contributed by atoms with van der Waals surface area (Å²) < 4.78 is 11.9. The van der Waals surface area contributed by atoms with Gasteiger partial charge in [-0.25, -0.2) is 9.78 Å². The summed E-state index contributed by atoms with van der Waals surface area (Å²) >= 11 is 1.58. The van der Waals surface area contributed by atoms with E-state index in [0.717, 1.165) is 21.0 Å². The highest BCUT2D eigenvalue weighted by molar-refractivity contribution is 7.19. The number of nitrogens with one attached hydrogen (secondary N) is 1. The lowest BCUT2D eigenvalue weighted by atomic mass is 9.98. The van der Waals surface area contributed by atoms with Gasteiger partial charge in [0.2, 0.25) is 0 Å². The molecule has 3 aromatic carbocycles. The minimum Gasteiger partial charge on any atom is -0.497 e. The third kappa shape index (κ3) is 3.97. The van der Waals surface area contributed by atoms with Crippen molar-refractivity contribution in [3.63, 3.8) is 0 Å². The summed E-state index contributed by atoms with van der Waals surface area (Å²) in [5.74, 6) is 0.872. The van der Waals surface area contributed by atoms with Crippen LogP contribution < -0.4 is 10.1 Å². The Balaban J connectivity index is 1.17. The Labute approximate surface area is 190 Å². The molecule has 0 saturated carbocycles. The molecule has 5 rings (SSSR count). The number of carbonyl (C=O) groups is 1. The summed E-state index contributed by atoms with van der Waals surface area (Å²) in [6.45, 7) is 0.680. The first-order chi connectivity index (χ1) is 15.7. The Morgan fingerprint density at radius 2 is 1.78 bits per heavy atom. The molecular formula is C26H22N2O3S. The summed E-state index contributed by atoms with van der Waals surface area (Å²) in [6.07, 6.45) is 3.35. The van der Waals surface area contributed by atoms with Gasteiger partial charge in [-0.15, -0.1) is 11.3 Å². The van der Waals surface area contributed by atoms with Crippen LogP contribution in [-0.4, -0.2) is 31.3 Å². The van der Waals surface area contributed by atoms with Crippen LogP contribution in [0.15, 0.2) is 72.8 Å². The van der Waals surface area contributed by atoms with E-state index in [1.165, 1.54) is 22.3 Å². The molecule has 0 saturated heterocycles. The first-order valence-electron chi connectivity index (χ1n) is 10.4. The van der Waals surface area contributed by atoms with E-state index >= 15 is 0 Å². The third-order valence-corrected chi connectivity index (χ3v) is 6.56. The van der Waals surface area contributed by atoms with Crippen molar-refractivity contribution in [1.29, 1.82) is 0 Å². The van der Waals surface area contributed by atoms with Gasteiger partial charge < -0.3 is 14.8 Å². The summed E-state index contributed by atoms with van der Waals surface area (Å²) in [5.41, 5.74) is 5.77. The van der Waals surface area contributed by atoms with Crippen LogP contribution >= 0.6 is 11.3 Å². The minimum absolute atomic E-state index is 0.0587. The van der Waals surface area contributed by atoms with E-state index in [4.69, 9.17) is 9.47 Å². The number of aromatic nitrogens is 1. The van der Waals surface area contributed by atoms with Gasteiger partial charge in [0.1, 0.15) is 17.4 Å². The van der Waals surface area contributed by atoms with E-state index in [2.05, 4.69) is 34.6 Å². The zero-order chi connectivity index (χ0) is 21.9. The van der Waals surface area contributed by atoms with Crippen molar-refractivity contribution >= 4 is 33.7 Å². The summed E-state index contributed by atoms with van der Waals surface area (Å²) in [4.78, 5) is 16.8. The number of amides is 1. The van der Waals surface area contributed by atoms with E-state index in [9.17, 15) is 4.79 Å². The highest BCUT2D eigenvalue weighted by Crippen LogP contribution is 2.44. The van der Waals surface area contributed by atoms with E-state index in [1.807, 2.05) is 54.6 Å². The number of carbonyl (C=O) groups excluding carboxylic acids is 1.